The molecule has 188 valence electrons. The summed E-state index contributed by atoms with van der Waals surface area (Å²) in [6.07, 6.45) is 22.9. The second kappa shape index (κ2) is 23.1. The first-order valence-electron chi connectivity index (χ1n) is 14.0. The number of ether oxygens (including phenoxy) is 3. The van der Waals surface area contributed by atoms with Crippen LogP contribution in [0.25, 0.3) is 0 Å². The molecule has 0 heterocycles. The minimum absolute atomic E-state index is 0.188. The summed E-state index contributed by atoms with van der Waals surface area (Å²) in [5, 5.41) is 0. The zero-order valence-corrected chi connectivity index (χ0v) is 22.2. The molecular formula is C28H58O3. The van der Waals surface area contributed by atoms with Crippen molar-refractivity contribution in [2.75, 3.05) is 19.8 Å². The van der Waals surface area contributed by atoms with Gasteiger partial charge < -0.3 is 14.2 Å². The standard InChI is InChI=1S/C28H58O3/c1-6-9-12-15-18-21-24-29-28(27(4)5,30-25-22-19-16-13-10-7-2)31-26-23-20-17-14-11-8-3/h27H,6-26H2,1-5H3. The van der Waals surface area contributed by atoms with Gasteiger partial charge in [0.2, 0.25) is 0 Å². The van der Waals surface area contributed by atoms with Crippen LogP contribution in [0.4, 0.5) is 0 Å². The highest BCUT2D eigenvalue weighted by atomic mass is 16.9. The Kier molecular flexibility index (Phi) is 23.0. The van der Waals surface area contributed by atoms with Crippen LogP contribution in [0.1, 0.15) is 150 Å². The lowest BCUT2D eigenvalue weighted by molar-refractivity contribution is -0.401. The molecule has 0 aromatic rings. The van der Waals surface area contributed by atoms with E-state index in [4.69, 9.17) is 14.2 Å². The molecule has 0 aromatic carbocycles. The molecule has 0 saturated heterocycles. The second-order valence-corrected chi connectivity index (χ2v) is 9.61. The maximum atomic E-state index is 6.34. The summed E-state index contributed by atoms with van der Waals surface area (Å²) in [6, 6.07) is 0. The van der Waals surface area contributed by atoms with E-state index in [0.717, 1.165) is 39.1 Å². The Labute approximate surface area is 196 Å². The average Bonchev–Trinajstić information content (AvgIpc) is 2.76. The van der Waals surface area contributed by atoms with Gasteiger partial charge in [0, 0.05) is 5.92 Å². The predicted octanol–water partition coefficient (Wildman–Crippen LogP) is 9.43. The molecule has 0 aromatic heterocycles. The van der Waals surface area contributed by atoms with Crippen molar-refractivity contribution in [3.05, 3.63) is 0 Å². The van der Waals surface area contributed by atoms with Gasteiger partial charge in [-0.15, -0.1) is 0 Å². The average molecular weight is 443 g/mol. The van der Waals surface area contributed by atoms with Gasteiger partial charge in [-0.05, 0) is 19.3 Å². The van der Waals surface area contributed by atoms with Crippen molar-refractivity contribution < 1.29 is 14.2 Å². The van der Waals surface area contributed by atoms with E-state index in [1.807, 2.05) is 0 Å². The fourth-order valence-electron chi connectivity index (χ4n) is 3.92. The first-order chi connectivity index (χ1) is 15.1. The van der Waals surface area contributed by atoms with Gasteiger partial charge in [-0.2, -0.15) is 0 Å². The van der Waals surface area contributed by atoms with Gasteiger partial charge in [0.05, 0.1) is 19.8 Å². The van der Waals surface area contributed by atoms with Crippen molar-refractivity contribution in [3.63, 3.8) is 0 Å². The van der Waals surface area contributed by atoms with Gasteiger partial charge in [0.15, 0.2) is 0 Å². The summed E-state index contributed by atoms with van der Waals surface area (Å²) < 4.78 is 19.0. The predicted molar refractivity (Wildman–Crippen MR) is 136 cm³/mol. The quantitative estimate of drug-likeness (QED) is 0.104. The van der Waals surface area contributed by atoms with Crippen LogP contribution in [0.2, 0.25) is 0 Å². The first-order valence-corrected chi connectivity index (χ1v) is 14.0. The largest absolute Gasteiger partial charge is 0.327 e. The van der Waals surface area contributed by atoms with Gasteiger partial charge in [0.1, 0.15) is 0 Å². The minimum atomic E-state index is -0.865. The number of hydrogen-bond donors (Lipinski definition) is 0. The van der Waals surface area contributed by atoms with E-state index in [9.17, 15) is 0 Å². The van der Waals surface area contributed by atoms with Crippen molar-refractivity contribution in [1.29, 1.82) is 0 Å². The van der Waals surface area contributed by atoms with Gasteiger partial charge in [-0.1, -0.05) is 131 Å². The first kappa shape index (κ1) is 30.9. The molecule has 0 saturated carbocycles. The summed E-state index contributed by atoms with van der Waals surface area (Å²) in [5.41, 5.74) is 0. The van der Waals surface area contributed by atoms with E-state index >= 15 is 0 Å². The third-order valence-corrected chi connectivity index (χ3v) is 6.11. The zero-order valence-electron chi connectivity index (χ0n) is 22.2. The Morgan fingerprint density at radius 3 is 0.935 bits per heavy atom. The molecule has 0 aliphatic heterocycles. The third-order valence-electron chi connectivity index (χ3n) is 6.11. The molecule has 0 spiro atoms. The monoisotopic (exact) mass is 442 g/mol. The van der Waals surface area contributed by atoms with Crippen LogP contribution >= 0.6 is 0 Å². The van der Waals surface area contributed by atoms with E-state index in [1.165, 1.54) is 96.3 Å². The molecule has 0 fully saturated rings. The Balaban J connectivity index is 4.43. The fraction of sp³-hybridized carbons (Fsp3) is 1.00. The second-order valence-electron chi connectivity index (χ2n) is 9.61. The minimum Gasteiger partial charge on any atom is -0.327 e. The fourth-order valence-corrected chi connectivity index (χ4v) is 3.92. The Morgan fingerprint density at radius 2 is 0.677 bits per heavy atom. The molecule has 3 nitrogen and oxygen atoms in total. The van der Waals surface area contributed by atoms with Crippen molar-refractivity contribution >= 4 is 0 Å². The molecule has 31 heavy (non-hydrogen) atoms. The van der Waals surface area contributed by atoms with Crippen LogP contribution in [-0.4, -0.2) is 25.8 Å². The molecule has 0 amide bonds. The zero-order chi connectivity index (χ0) is 23.0. The van der Waals surface area contributed by atoms with E-state index in [1.54, 1.807) is 0 Å². The molecule has 0 bridgehead atoms. The summed E-state index contributed by atoms with van der Waals surface area (Å²) in [7, 11) is 0. The van der Waals surface area contributed by atoms with E-state index in [0.29, 0.717) is 0 Å². The highest BCUT2D eigenvalue weighted by Crippen LogP contribution is 2.27. The Morgan fingerprint density at radius 1 is 0.419 bits per heavy atom. The molecular weight excluding hydrogens is 384 g/mol. The molecule has 0 rings (SSSR count). The summed E-state index contributed by atoms with van der Waals surface area (Å²) in [5.74, 6) is -0.677. The Hall–Kier alpha value is -0.120. The van der Waals surface area contributed by atoms with Gasteiger partial charge in [-0.3, -0.25) is 0 Å². The van der Waals surface area contributed by atoms with Crippen molar-refractivity contribution in [2.45, 2.75) is 156 Å². The SMILES string of the molecule is CCCCCCCCOC(OCCCCCCCC)(OCCCCCCCC)C(C)C. The topological polar surface area (TPSA) is 27.7 Å². The van der Waals surface area contributed by atoms with Crippen LogP contribution in [-0.2, 0) is 14.2 Å². The highest BCUT2D eigenvalue weighted by molar-refractivity contribution is 4.65. The summed E-state index contributed by atoms with van der Waals surface area (Å²) >= 11 is 0. The number of unbranched alkanes of at least 4 members (excludes halogenated alkanes) is 15. The lowest BCUT2D eigenvalue weighted by Gasteiger charge is -2.37. The molecule has 0 unspecified atom stereocenters. The molecule has 3 heteroatoms. The smallest absolute Gasteiger partial charge is 0.285 e. The molecule has 0 aliphatic rings. The van der Waals surface area contributed by atoms with Gasteiger partial charge >= 0.3 is 0 Å². The maximum absolute atomic E-state index is 6.34. The molecule has 0 aliphatic carbocycles. The third kappa shape index (κ3) is 18.0. The van der Waals surface area contributed by atoms with Gasteiger partial charge in [0.25, 0.3) is 5.97 Å². The van der Waals surface area contributed by atoms with E-state index in [-0.39, 0.29) is 5.92 Å². The normalized spacial score (nSPS) is 12.2. The van der Waals surface area contributed by atoms with Crippen LogP contribution < -0.4 is 0 Å². The molecule has 0 atom stereocenters. The lowest BCUT2D eigenvalue weighted by atomic mass is 10.1. The van der Waals surface area contributed by atoms with Crippen LogP contribution in [0.15, 0.2) is 0 Å². The van der Waals surface area contributed by atoms with Crippen LogP contribution in [0.5, 0.6) is 0 Å². The Bertz CT molecular complexity index is 298. The highest BCUT2D eigenvalue weighted by Gasteiger charge is 2.37. The van der Waals surface area contributed by atoms with Crippen LogP contribution in [0, 0.1) is 5.92 Å². The van der Waals surface area contributed by atoms with Crippen molar-refractivity contribution in [2.24, 2.45) is 5.92 Å². The number of rotatable bonds is 25. The molecule has 0 N–H and O–H groups in total. The van der Waals surface area contributed by atoms with E-state index < -0.39 is 5.97 Å². The maximum Gasteiger partial charge on any atom is 0.285 e. The summed E-state index contributed by atoms with van der Waals surface area (Å²) in [6.45, 7) is 13.3. The van der Waals surface area contributed by atoms with E-state index in [2.05, 4.69) is 34.6 Å². The van der Waals surface area contributed by atoms with Crippen molar-refractivity contribution in [3.8, 4) is 0 Å². The molecule has 0 radical (unpaired) electrons. The summed E-state index contributed by atoms with van der Waals surface area (Å²) in [4.78, 5) is 0. The van der Waals surface area contributed by atoms with Gasteiger partial charge in [-0.25, -0.2) is 0 Å². The van der Waals surface area contributed by atoms with Crippen LogP contribution in [0.3, 0.4) is 0 Å². The lowest BCUT2D eigenvalue weighted by Crippen LogP contribution is -2.45. The number of hydrogen-bond acceptors (Lipinski definition) is 3. The van der Waals surface area contributed by atoms with Crippen molar-refractivity contribution in [1.82, 2.24) is 0 Å².